The molecule has 1 aromatic carbocycles. The summed E-state index contributed by atoms with van der Waals surface area (Å²) in [5.41, 5.74) is 0.350. The molecule has 0 saturated carbocycles. The molecule has 0 bridgehead atoms. The number of nitrogens with one attached hydrogen (secondary N) is 1. The normalized spacial score (nSPS) is 29.4. The molecule has 5 heteroatoms. The van der Waals surface area contributed by atoms with Crippen molar-refractivity contribution in [2.24, 2.45) is 11.8 Å². The molecule has 2 aliphatic heterocycles. The Morgan fingerprint density at radius 3 is 2.16 bits per heavy atom. The first-order valence-corrected chi connectivity index (χ1v) is 6.62. The summed E-state index contributed by atoms with van der Waals surface area (Å²) in [4.78, 5) is 1.60. The van der Waals surface area contributed by atoms with Gasteiger partial charge in [-0.15, -0.1) is 0 Å². The van der Waals surface area contributed by atoms with Gasteiger partial charge in [0.05, 0.1) is 0 Å². The number of hydrogen-bond acceptors (Lipinski definition) is 2. The van der Waals surface area contributed by atoms with Crippen molar-refractivity contribution in [3.05, 3.63) is 35.9 Å². The van der Waals surface area contributed by atoms with Crippen LogP contribution in [-0.2, 0) is 0 Å². The van der Waals surface area contributed by atoms with Crippen molar-refractivity contribution >= 4 is 0 Å². The third kappa shape index (κ3) is 2.49. The Labute approximate surface area is 110 Å². The molecule has 2 aliphatic rings. The Balaban J connectivity index is 1.85. The number of hydrogen-bond donors (Lipinski definition) is 1. The SMILES string of the molecule is FC(F)(F)C(c1ccccc1)N1CC2CNCC2C1. The zero-order valence-corrected chi connectivity index (χ0v) is 10.5. The molecule has 2 nitrogen and oxygen atoms in total. The average Bonchev–Trinajstić information content (AvgIpc) is 2.89. The smallest absolute Gasteiger partial charge is 0.316 e. The molecular formula is C14H17F3N2. The molecule has 0 spiro atoms. The number of halogens is 3. The standard InChI is InChI=1S/C14H17F3N2/c15-14(16,17)13(10-4-2-1-3-5-10)19-8-11-6-18-7-12(11)9-19/h1-5,11-13,18H,6-9H2. The highest BCUT2D eigenvalue weighted by molar-refractivity contribution is 5.21. The minimum absolute atomic E-state index is 0.350. The van der Waals surface area contributed by atoms with Crippen LogP contribution in [0.2, 0.25) is 0 Å². The van der Waals surface area contributed by atoms with Crippen LogP contribution in [0.4, 0.5) is 13.2 Å². The molecule has 0 radical (unpaired) electrons. The van der Waals surface area contributed by atoms with Gasteiger partial charge < -0.3 is 5.32 Å². The molecule has 0 aromatic heterocycles. The lowest BCUT2D eigenvalue weighted by molar-refractivity contribution is -0.184. The number of alkyl halides is 3. The molecule has 2 saturated heterocycles. The molecule has 1 aromatic rings. The Bertz CT molecular complexity index is 420. The molecule has 19 heavy (non-hydrogen) atoms. The summed E-state index contributed by atoms with van der Waals surface area (Å²) in [5, 5.41) is 3.25. The third-order valence-corrected chi connectivity index (χ3v) is 4.21. The first kappa shape index (κ1) is 12.9. The molecule has 3 atom stereocenters. The maximum absolute atomic E-state index is 13.4. The Morgan fingerprint density at radius 2 is 1.63 bits per heavy atom. The molecular weight excluding hydrogens is 253 g/mol. The van der Waals surface area contributed by atoms with Crippen molar-refractivity contribution in [1.29, 1.82) is 0 Å². The lowest BCUT2D eigenvalue weighted by atomic mass is 10.0. The summed E-state index contributed by atoms with van der Waals surface area (Å²) in [6.45, 7) is 2.77. The van der Waals surface area contributed by atoms with Crippen LogP contribution in [0.5, 0.6) is 0 Å². The molecule has 2 fully saturated rings. The van der Waals surface area contributed by atoms with Gasteiger partial charge in [-0.25, -0.2) is 0 Å². The van der Waals surface area contributed by atoms with E-state index in [0.29, 0.717) is 30.5 Å². The predicted octanol–water partition coefficient (Wildman–Crippen LogP) is 2.44. The summed E-state index contributed by atoms with van der Waals surface area (Å²) < 4.78 is 40.1. The maximum Gasteiger partial charge on any atom is 0.408 e. The first-order chi connectivity index (χ1) is 9.05. The topological polar surface area (TPSA) is 15.3 Å². The highest BCUT2D eigenvalue weighted by Crippen LogP contribution is 2.41. The van der Waals surface area contributed by atoms with Crippen LogP contribution in [0, 0.1) is 11.8 Å². The fourth-order valence-electron chi connectivity index (χ4n) is 3.34. The van der Waals surface area contributed by atoms with E-state index in [1.807, 2.05) is 0 Å². The van der Waals surface area contributed by atoms with Gasteiger partial charge in [-0.3, -0.25) is 4.90 Å². The van der Waals surface area contributed by atoms with E-state index >= 15 is 0 Å². The summed E-state index contributed by atoms with van der Waals surface area (Å²) >= 11 is 0. The largest absolute Gasteiger partial charge is 0.408 e. The van der Waals surface area contributed by atoms with Crippen LogP contribution in [0.3, 0.4) is 0 Å². The second kappa shape index (κ2) is 4.80. The third-order valence-electron chi connectivity index (χ3n) is 4.21. The minimum Gasteiger partial charge on any atom is -0.316 e. The van der Waals surface area contributed by atoms with E-state index in [1.165, 1.54) is 0 Å². The fourth-order valence-corrected chi connectivity index (χ4v) is 3.34. The quantitative estimate of drug-likeness (QED) is 0.888. The first-order valence-electron chi connectivity index (χ1n) is 6.62. The average molecular weight is 270 g/mol. The number of likely N-dealkylation sites (tertiary alicyclic amines) is 1. The summed E-state index contributed by atoms with van der Waals surface area (Å²) in [6.07, 6.45) is -4.21. The van der Waals surface area contributed by atoms with E-state index in [1.54, 1.807) is 35.2 Å². The van der Waals surface area contributed by atoms with Crippen LogP contribution < -0.4 is 5.32 Å². The number of fused-ring (bicyclic) bond motifs is 1. The second-order valence-electron chi connectivity index (χ2n) is 5.49. The Morgan fingerprint density at radius 1 is 1.05 bits per heavy atom. The van der Waals surface area contributed by atoms with Gasteiger partial charge in [0.1, 0.15) is 6.04 Å². The molecule has 1 N–H and O–H groups in total. The van der Waals surface area contributed by atoms with Crippen LogP contribution >= 0.6 is 0 Å². The molecule has 104 valence electrons. The fraction of sp³-hybridized carbons (Fsp3) is 0.571. The van der Waals surface area contributed by atoms with E-state index in [2.05, 4.69) is 5.32 Å². The predicted molar refractivity (Wildman–Crippen MR) is 66.7 cm³/mol. The van der Waals surface area contributed by atoms with E-state index in [9.17, 15) is 13.2 Å². The van der Waals surface area contributed by atoms with Crippen LogP contribution in [0.25, 0.3) is 0 Å². The van der Waals surface area contributed by atoms with Crippen LogP contribution in [0.1, 0.15) is 11.6 Å². The molecule has 3 unspecified atom stereocenters. The monoisotopic (exact) mass is 270 g/mol. The maximum atomic E-state index is 13.4. The van der Waals surface area contributed by atoms with E-state index in [-0.39, 0.29) is 0 Å². The van der Waals surface area contributed by atoms with Gasteiger partial charge in [0.2, 0.25) is 0 Å². The van der Waals surface area contributed by atoms with Crippen molar-refractivity contribution in [2.75, 3.05) is 26.2 Å². The van der Waals surface area contributed by atoms with Crippen molar-refractivity contribution in [1.82, 2.24) is 10.2 Å². The highest BCUT2D eigenvalue weighted by Gasteiger charge is 2.49. The van der Waals surface area contributed by atoms with E-state index < -0.39 is 12.2 Å². The van der Waals surface area contributed by atoms with Crippen molar-refractivity contribution in [2.45, 2.75) is 12.2 Å². The van der Waals surface area contributed by atoms with Crippen molar-refractivity contribution in [3.8, 4) is 0 Å². The van der Waals surface area contributed by atoms with E-state index in [4.69, 9.17) is 0 Å². The number of benzene rings is 1. The van der Waals surface area contributed by atoms with Gasteiger partial charge in [0.15, 0.2) is 0 Å². The van der Waals surface area contributed by atoms with Crippen LogP contribution in [0.15, 0.2) is 30.3 Å². The van der Waals surface area contributed by atoms with Gasteiger partial charge in [0, 0.05) is 13.1 Å². The van der Waals surface area contributed by atoms with Gasteiger partial charge in [-0.2, -0.15) is 13.2 Å². The highest BCUT2D eigenvalue weighted by atomic mass is 19.4. The number of rotatable bonds is 2. The summed E-state index contributed by atoms with van der Waals surface area (Å²) in [5.74, 6) is 0.738. The lowest BCUT2D eigenvalue weighted by Crippen LogP contribution is -2.38. The van der Waals surface area contributed by atoms with Gasteiger partial charge in [-0.1, -0.05) is 30.3 Å². The van der Waals surface area contributed by atoms with Gasteiger partial charge in [0.25, 0.3) is 0 Å². The van der Waals surface area contributed by atoms with Gasteiger partial charge >= 0.3 is 6.18 Å². The van der Waals surface area contributed by atoms with Crippen molar-refractivity contribution in [3.63, 3.8) is 0 Å². The Hall–Kier alpha value is -1.07. The zero-order chi connectivity index (χ0) is 13.5. The second-order valence-corrected chi connectivity index (χ2v) is 5.49. The summed E-state index contributed by atoms with van der Waals surface area (Å²) in [6, 6.07) is 6.78. The van der Waals surface area contributed by atoms with Crippen LogP contribution in [-0.4, -0.2) is 37.3 Å². The lowest BCUT2D eigenvalue weighted by Gasteiger charge is -2.30. The molecule has 3 rings (SSSR count). The van der Waals surface area contributed by atoms with Crippen molar-refractivity contribution < 1.29 is 13.2 Å². The van der Waals surface area contributed by atoms with E-state index in [0.717, 1.165) is 13.1 Å². The minimum atomic E-state index is -4.21. The summed E-state index contributed by atoms with van der Waals surface area (Å²) in [7, 11) is 0. The zero-order valence-electron chi connectivity index (χ0n) is 10.5. The Kier molecular flexibility index (Phi) is 3.27. The molecule has 0 amide bonds. The molecule has 0 aliphatic carbocycles. The number of nitrogens with zero attached hydrogens (tertiary/aromatic N) is 1. The van der Waals surface area contributed by atoms with Gasteiger partial charge in [-0.05, 0) is 30.5 Å². The molecule has 2 heterocycles.